The van der Waals surface area contributed by atoms with Crippen molar-refractivity contribution in [1.82, 2.24) is 9.55 Å². The van der Waals surface area contributed by atoms with Gasteiger partial charge in [-0.25, -0.2) is 4.98 Å². The van der Waals surface area contributed by atoms with Crippen molar-refractivity contribution in [3.8, 4) is 0 Å². The number of carbonyl (C=O) groups excluding carboxylic acids is 1. The minimum atomic E-state index is -0.000451. The third kappa shape index (κ3) is 3.36. The highest BCUT2D eigenvalue weighted by atomic mass is 16.1. The van der Waals surface area contributed by atoms with Crippen LogP contribution < -0.4 is 5.32 Å². The smallest absolute Gasteiger partial charge is 0.244 e. The Bertz CT molecular complexity index is 922. The molecule has 0 spiro atoms. The number of anilines is 1. The second kappa shape index (κ2) is 7.32. The van der Waals surface area contributed by atoms with Crippen molar-refractivity contribution in [2.45, 2.75) is 51.5 Å². The Labute approximate surface area is 154 Å². The lowest BCUT2D eigenvalue weighted by molar-refractivity contribution is -0.116. The summed E-state index contributed by atoms with van der Waals surface area (Å²) in [6.45, 7) is 2.32. The average molecular weight is 347 g/mol. The Morgan fingerprint density at radius 2 is 1.81 bits per heavy atom. The first-order valence-electron chi connectivity index (χ1n) is 9.53. The fraction of sp³-hybridized carbons (Fsp3) is 0.364. The highest BCUT2D eigenvalue weighted by Crippen LogP contribution is 2.34. The average Bonchev–Trinajstić information content (AvgIpc) is 3.03. The van der Waals surface area contributed by atoms with E-state index in [4.69, 9.17) is 4.98 Å². The molecule has 134 valence electrons. The van der Waals surface area contributed by atoms with Gasteiger partial charge in [-0.3, -0.25) is 4.79 Å². The summed E-state index contributed by atoms with van der Waals surface area (Å²) in [4.78, 5) is 17.6. The first kappa shape index (κ1) is 16.8. The molecule has 0 radical (unpaired) electrons. The van der Waals surface area contributed by atoms with Crippen LogP contribution in [0.25, 0.3) is 11.0 Å². The predicted octanol–water partition coefficient (Wildman–Crippen LogP) is 5.03. The second-order valence-corrected chi connectivity index (χ2v) is 7.24. The lowest BCUT2D eigenvalue weighted by Gasteiger charge is -2.22. The van der Waals surface area contributed by atoms with E-state index in [-0.39, 0.29) is 5.91 Å². The molecule has 2 aromatic carbocycles. The molecule has 0 bridgehead atoms. The SMILES string of the molecule is Cc1ccccc1NC(=O)Cn1c(C2CCCCC2)nc2ccccc21. The molecule has 0 aliphatic heterocycles. The van der Waals surface area contributed by atoms with Gasteiger partial charge in [0.2, 0.25) is 5.91 Å². The third-order valence-electron chi connectivity index (χ3n) is 5.38. The van der Waals surface area contributed by atoms with Gasteiger partial charge in [-0.15, -0.1) is 0 Å². The third-order valence-corrected chi connectivity index (χ3v) is 5.38. The molecule has 3 aromatic rings. The number of hydrogen-bond donors (Lipinski definition) is 1. The predicted molar refractivity (Wildman–Crippen MR) is 105 cm³/mol. The maximum atomic E-state index is 12.8. The first-order chi connectivity index (χ1) is 12.7. The molecule has 0 saturated heterocycles. The van der Waals surface area contributed by atoms with Gasteiger partial charge in [0.05, 0.1) is 11.0 Å². The lowest BCUT2D eigenvalue weighted by atomic mass is 9.88. The van der Waals surface area contributed by atoms with Gasteiger partial charge in [0.15, 0.2) is 0 Å². The van der Waals surface area contributed by atoms with E-state index in [1.54, 1.807) is 0 Å². The molecule has 4 heteroatoms. The van der Waals surface area contributed by atoms with Crippen LogP contribution in [0.15, 0.2) is 48.5 Å². The zero-order chi connectivity index (χ0) is 17.9. The molecule has 1 aliphatic rings. The number of nitrogens with one attached hydrogen (secondary N) is 1. The van der Waals surface area contributed by atoms with Crippen molar-refractivity contribution < 1.29 is 4.79 Å². The van der Waals surface area contributed by atoms with Crippen LogP contribution in [0.1, 0.15) is 49.4 Å². The van der Waals surface area contributed by atoms with Crippen molar-refractivity contribution >= 4 is 22.6 Å². The summed E-state index contributed by atoms with van der Waals surface area (Å²) in [5, 5.41) is 3.06. The number of para-hydroxylation sites is 3. The Kier molecular flexibility index (Phi) is 4.74. The van der Waals surface area contributed by atoms with E-state index in [0.717, 1.165) is 28.1 Å². The van der Waals surface area contributed by atoms with E-state index in [1.807, 2.05) is 49.4 Å². The summed E-state index contributed by atoms with van der Waals surface area (Å²) in [6.07, 6.45) is 6.16. The summed E-state index contributed by atoms with van der Waals surface area (Å²) in [6, 6.07) is 16.0. The number of hydrogen-bond acceptors (Lipinski definition) is 2. The quantitative estimate of drug-likeness (QED) is 0.719. The van der Waals surface area contributed by atoms with E-state index < -0.39 is 0 Å². The molecule has 1 saturated carbocycles. The molecule has 1 N–H and O–H groups in total. The minimum Gasteiger partial charge on any atom is -0.324 e. The summed E-state index contributed by atoms with van der Waals surface area (Å²) in [5.41, 5.74) is 3.98. The number of carbonyl (C=O) groups is 1. The van der Waals surface area contributed by atoms with Gasteiger partial charge in [0.25, 0.3) is 0 Å². The molecule has 1 aromatic heterocycles. The summed E-state index contributed by atoms with van der Waals surface area (Å²) in [5.74, 6) is 1.53. The zero-order valence-electron chi connectivity index (χ0n) is 15.2. The van der Waals surface area contributed by atoms with E-state index in [1.165, 1.54) is 32.1 Å². The van der Waals surface area contributed by atoms with Crippen LogP contribution in [0.3, 0.4) is 0 Å². The molecule has 1 aliphatic carbocycles. The molecule has 4 rings (SSSR count). The summed E-state index contributed by atoms with van der Waals surface area (Å²) in [7, 11) is 0. The van der Waals surface area contributed by atoms with Crippen LogP contribution >= 0.6 is 0 Å². The van der Waals surface area contributed by atoms with Gasteiger partial charge in [-0.1, -0.05) is 49.6 Å². The highest BCUT2D eigenvalue weighted by molar-refractivity contribution is 5.92. The number of benzene rings is 2. The first-order valence-corrected chi connectivity index (χ1v) is 9.53. The van der Waals surface area contributed by atoms with Gasteiger partial charge in [-0.05, 0) is 43.5 Å². The Morgan fingerprint density at radius 1 is 1.08 bits per heavy atom. The second-order valence-electron chi connectivity index (χ2n) is 7.24. The monoisotopic (exact) mass is 347 g/mol. The van der Waals surface area contributed by atoms with E-state index in [9.17, 15) is 4.79 Å². The summed E-state index contributed by atoms with van der Waals surface area (Å²) < 4.78 is 2.12. The number of amides is 1. The van der Waals surface area contributed by atoms with Crippen LogP contribution in [0.5, 0.6) is 0 Å². The number of aryl methyl sites for hydroxylation is 1. The largest absolute Gasteiger partial charge is 0.324 e. The molecule has 0 unspecified atom stereocenters. The lowest BCUT2D eigenvalue weighted by Crippen LogP contribution is -2.22. The van der Waals surface area contributed by atoms with Crippen LogP contribution in [-0.4, -0.2) is 15.5 Å². The highest BCUT2D eigenvalue weighted by Gasteiger charge is 2.23. The molecular formula is C22H25N3O. The van der Waals surface area contributed by atoms with Crippen molar-refractivity contribution in [3.63, 3.8) is 0 Å². The Balaban J connectivity index is 1.64. The van der Waals surface area contributed by atoms with Gasteiger partial charge >= 0.3 is 0 Å². The number of rotatable bonds is 4. The van der Waals surface area contributed by atoms with E-state index >= 15 is 0 Å². The zero-order valence-corrected chi connectivity index (χ0v) is 15.2. The van der Waals surface area contributed by atoms with Crippen LogP contribution in [0.4, 0.5) is 5.69 Å². The molecule has 0 atom stereocenters. The van der Waals surface area contributed by atoms with Gasteiger partial charge in [0, 0.05) is 11.6 Å². The number of aromatic nitrogens is 2. The number of fused-ring (bicyclic) bond motifs is 1. The van der Waals surface area contributed by atoms with Crippen LogP contribution in [-0.2, 0) is 11.3 Å². The Hall–Kier alpha value is -2.62. The van der Waals surface area contributed by atoms with E-state index in [2.05, 4.69) is 16.0 Å². The van der Waals surface area contributed by atoms with Crippen molar-refractivity contribution in [2.75, 3.05) is 5.32 Å². The molecule has 1 amide bonds. The molecule has 26 heavy (non-hydrogen) atoms. The molecule has 1 heterocycles. The molecule has 4 nitrogen and oxygen atoms in total. The Morgan fingerprint density at radius 3 is 2.62 bits per heavy atom. The summed E-state index contributed by atoms with van der Waals surface area (Å²) >= 11 is 0. The van der Waals surface area contributed by atoms with Crippen molar-refractivity contribution in [2.24, 2.45) is 0 Å². The normalized spacial score (nSPS) is 15.3. The van der Waals surface area contributed by atoms with E-state index in [0.29, 0.717) is 12.5 Å². The van der Waals surface area contributed by atoms with Crippen molar-refractivity contribution in [1.29, 1.82) is 0 Å². The fourth-order valence-corrected chi connectivity index (χ4v) is 3.98. The molecular weight excluding hydrogens is 322 g/mol. The minimum absolute atomic E-state index is 0.000451. The van der Waals surface area contributed by atoms with Crippen LogP contribution in [0, 0.1) is 6.92 Å². The topological polar surface area (TPSA) is 46.9 Å². The maximum absolute atomic E-state index is 12.8. The van der Waals surface area contributed by atoms with Gasteiger partial charge < -0.3 is 9.88 Å². The maximum Gasteiger partial charge on any atom is 0.244 e. The van der Waals surface area contributed by atoms with Gasteiger partial charge in [0.1, 0.15) is 12.4 Å². The van der Waals surface area contributed by atoms with Crippen molar-refractivity contribution in [3.05, 3.63) is 59.9 Å². The standard InChI is InChI=1S/C22H25N3O/c1-16-9-5-6-12-18(16)23-21(26)15-25-20-14-8-7-13-19(20)24-22(25)17-10-3-2-4-11-17/h5-9,12-14,17H,2-4,10-11,15H2,1H3,(H,23,26). The fourth-order valence-electron chi connectivity index (χ4n) is 3.98. The number of imidazole rings is 1. The van der Waals surface area contributed by atoms with Gasteiger partial charge in [-0.2, -0.15) is 0 Å². The van der Waals surface area contributed by atoms with Crippen LogP contribution in [0.2, 0.25) is 0 Å². The molecule has 1 fully saturated rings. The number of nitrogens with zero attached hydrogens (tertiary/aromatic N) is 2.